The van der Waals surface area contributed by atoms with Crippen LogP contribution in [0.5, 0.6) is 0 Å². The van der Waals surface area contributed by atoms with E-state index in [0.29, 0.717) is 0 Å². The summed E-state index contributed by atoms with van der Waals surface area (Å²) in [7, 11) is 0. The number of amides is 1. The van der Waals surface area contributed by atoms with Crippen LogP contribution in [-0.2, 0) is 17.8 Å². The van der Waals surface area contributed by atoms with E-state index >= 15 is 0 Å². The number of likely N-dealkylation sites (tertiary alicyclic amines) is 1. The summed E-state index contributed by atoms with van der Waals surface area (Å²) < 4.78 is 0. The van der Waals surface area contributed by atoms with Gasteiger partial charge in [0.15, 0.2) is 0 Å². The number of nitrogens with one attached hydrogen (secondary N) is 1. The van der Waals surface area contributed by atoms with Crippen LogP contribution in [0.2, 0.25) is 0 Å². The molecule has 3 aromatic rings. The number of thiophene rings is 1. The molecular weight excluding hydrogens is 402 g/mol. The molecule has 3 heterocycles. The van der Waals surface area contributed by atoms with Gasteiger partial charge in [0, 0.05) is 24.2 Å². The Balaban J connectivity index is 1.54. The van der Waals surface area contributed by atoms with Gasteiger partial charge >= 0.3 is 0 Å². The summed E-state index contributed by atoms with van der Waals surface area (Å²) in [5, 5.41) is 5.33. The minimum Gasteiger partial charge on any atom is -0.356 e. The fraction of sp³-hybridized carbons (Fsp3) is 0.385. The number of carbonyl (C=O) groups excluding carboxylic acids is 1. The lowest BCUT2D eigenvalue weighted by Gasteiger charge is -2.41. The normalized spacial score (nSPS) is 16.2. The predicted octanol–water partition coefficient (Wildman–Crippen LogP) is 5.16. The van der Waals surface area contributed by atoms with Crippen LogP contribution in [0.3, 0.4) is 0 Å². The van der Waals surface area contributed by atoms with Crippen LogP contribution in [0.1, 0.15) is 37.4 Å². The second-order valence-electron chi connectivity index (χ2n) is 8.44. The Kier molecular flexibility index (Phi) is 7.15. The molecule has 4 rings (SSSR count). The first-order valence-electron chi connectivity index (χ1n) is 11.2. The minimum atomic E-state index is -0.358. The third-order valence-corrected chi connectivity index (χ3v) is 7.18. The molecule has 5 heteroatoms. The van der Waals surface area contributed by atoms with Gasteiger partial charge in [0.1, 0.15) is 0 Å². The van der Waals surface area contributed by atoms with Crippen LogP contribution in [0.4, 0.5) is 0 Å². The second-order valence-corrected chi connectivity index (χ2v) is 9.39. The van der Waals surface area contributed by atoms with Crippen LogP contribution in [0.15, 0.2) is 66.2 Å². The Morgan fingerprint density at radius 3 is 2.61 bits per heavy atom. The van der Waals surface area contributed by atoms with Crippen molar-refractivity contribution in [2.45, 2.75) is 39.2 Å². The Labute approximate surface area is 189 Å². The summed E-state index contributed by atoms with van der Waals surface area (Å²) in [5.41, 5.74) is 3.27. The standard InChI is InChI=1S/C26H31N3OS/c1-2-14-28-25(30)26(12-16-29(17-13-26)20-22-9-5-6-15-27-22)19-21-8-3-4-10-23(21)24-11-7-18-31-24/h3-11,15,18H,2,12-14,16-17,19-20H2,1H3,(H,28,30). The maximum atomic E-state index is 13.4. The van der Waals surface area contributed by atoms with Crippen molar-refractivity contribution >= 4 is 17.2 Å². The average molecular weight is 434 g/mol. The minimum absolute atomic E-state index is 0.216. The van der Waals surface area contributed by atoms with Crippen molar-refractivity contribution in [3.63, 3.8) is 0 Å². The molecule has 0 unspecified atom stereocenters. The van der Waals surface area contributed by atoms with Gasteiger partial charge in [-0.1, -0.05) is 43.3 Å². The number of aromatic nitrogens is 1. The van der Waals surface area contributed by atoms with E-state index < -0.39 is 0 Å². The van der Waals surface area contributed by atoms with E-state index in [1.807, 2.05) is 18.3 Å². The van der Waals surface area contributed by atoms with Crippen LogP contribution in [-0.4, -0.2) is 35.4 Å². The van der Waals surface area contributed by atoms with E-state index in [0.717, 1.165) is 57.6 Å². The molecule has 0 atom stereocenters. The van der Waals surface area contributed by atoms with E-state index in [2.05, 4.69) is 70.0 Å². The molecule has 1 amide bonds. The molecule has 1 fully saturated rings. The number of hydrogen-bond donors (Lipinski definition) is 1. The van der Waals surface area contributed by atoms with E-state index in [4.69, 9.17) is 0 Å². The van der Waals surface area contributed by atoms with E-state index in [1.54, 1.807) is 11.3 Å². The highest BCUT2D eigenvalue weighted by Gasteiger charge is 2.41. The average Bonchev–Trinajstić information content (AvgIpc) is 3.35. The summed E-state index contributed by atoms with van der Waals surface area (Å²) in [6.45, 7) is 5.52. The van der Waals surface area contributed by atoms with Crippen molar-refractivity contribution in [3.8, 4) is 10.4 Å². The van der Waals surface area contributed by atoms with Gasteiger partial charge in [-0.2, -0.15) is 0 Å². The van der Waals surface area contributed by atoms with Crippen molar-refractivity contribution in [1.82, 2.24) is 15.2 Å². The van der Waals surface area contributed by atoms with Crippen molar-refractivity contribution in [2.24, 2.45) is 5.41 Å². The number of pyridine rings is 1. The molecular formula is C26H31N3OS. The van der Waals surface area contributed by atoms with Crippen LogP contribution in [0, 0.1) is 5.41 Å². The Morgan fingerprint density at radius 2 is 1.90 bits per heavy atom. The van der Waals surface area contributed by atoms with Crippen molar-refractivity contribution in [1.29, 1.82) is 0 Å². The van der Waals surface area contributed by atoms with E-state index in [9.17, 15) is 4.79 Å². The molecule has 1 saturated heterocycles. The van der Waals surface area contributed by atoms with Gasteiger partial charge in [-0.3, -0.25) is 14.7 Å². The number of nitrogens with zero attached hydrogens (tertiary/aromatic N) is 2. The quantitative estimate of drug-likeness (QED) is 0.534. The van der Waals surface area contributed by atoms with Gasteiger partial charge in [-0.05, 0) is 73.5 Å². The zero-order chi connectivity index (χ0) is 21.5. The molecule has 0 saturated carbocycles. The summed E-state index contributed by atoms with van der Waals surface area (Å²) in [6.07, 6.45) is 5.33. The molecule has 0 aliphatic carbocycles. The first-order valence-corrected chi connectivity index (χ1v) is 12.1. The number of carbonyl (C=O) groups is 1. The van der Waals surface area contributed by atoms with Crippen LogP contribution >= 0.6 is 11.3 Å². The fourth-order valence-electron chi connectivity index (χ4n) is 4.48. The smallest absolute Gasteiger partial charge is 0.226 e. The van der Waals surface area contributed by atoms with Gasteiger partial charge in [-0.15, -0.1) is 11.3 Å². The summed E-state index contributed by atoms with van der Waals surface area (Å²) in [6, 6.07) is 18.9. The van der Waals surface area contributed by atoms with Gasteiger partial charge in [0.25, 0.3) is 0 Å². The second kappa shape index (κ2) is 10.2. The topological polar surface area (TPSA) is 45.2 Å². The first-order chi connectivity index (χ1) is 15.2. The molecule has 2 aromatic heterocycles. The molecule has 0 bridgehead atoms. The maximum absolute atomic E-state index is 13.4. The van der Waals surface area contributed by atoms with Crippen molar-refractivity contribution in [3.05, 3.63) is 77.4 Å². The number of rotatable bonds is 8. The molecule has 31 heavy (non-hydrogen) atoms. The zero-order valence-electron chi connectivity index (χ0n) is 18.2. The number of benzene rings is 1. The zero-order valence-corrected chi connectivity index (χ0v) is 19.0. The molecule has 1 aromatic carbocycles. The molecule has 0 spiro atoms. The third-order valence-electron chi connectivity index (χ3n) is 6.27. The summed E-state index contributed by atoms with van der Waals surface area (Å²) >= 11 is 1.76. The van der Waals surface area contributed by atoms with Crippen LogP contribution in [0.25, 0.3) is 10.4 Å². The fourth-order valence-corrected chi connectivity index (χ4v) is 5.27. The van der Waals surface area contributed by atoms with Gasteiger partial charge < -0.3 is 5.32 Å². The molecule has 0 radical (unpaired) electrons. The predicted molar refractivity (Wildman–Crippen MR) is 128 cm³/mol. The van der Waals surface area contributed by atoms with Crippen LogP contribution < -0.4 is 5.32 Å². The van der Waals surface area contributed by atoms with Crippen molar-refractivity contribution < 1.29 is 4.79 Å². The lowest BCUT2D eigenvalue weighted by molar-refractivity contribution is -0.134. The number of piperidine rings is 1. The monoisotopic (exact) mass is 433 g/mol. The highest BCUT2D eigenvalue weighted by Crippen LogP contribution is 2.39. The lowest BCUT2D eigenvalue weighted by Crippen LogP contribution is -2.50. The largest absolute Gasteiger partial charge is 0.356 e. The van der Waals surface area contributed by atoms with Gasteiger partial charge in [0.2, 0.25) is 5.91 Å². The van der Waals surface area contributed by atoms with E-state index in [-0.39, 0.29) is 11.3 Å². The Hall–Kier alpha value is -2.50. The van der Waals surface area contributed by atoms with Gasteiger partial charge in [-0.25, -0.2) is 0 Å². The Morgan fingerprint density at radius 1 is 1.10 bits per heavy atom. The molecule has 1 aliphatic rings. The summed E-state index contributed by atoms with van der Waals surface area (Å²) in [4.78, 5) is 21.6. The van der Waals surface area contributed by atoms with E-state index in [1.165, 1.54) is 16.0 Å². The molecule has 1 N–H and O–H groups in total. The van der Waals surface area contributed by atoms with Gasteiger partial charge in [0.05, 0.1) is 11.1 Å². The maximum Gasteiger partial charge on any atom is 0.226 e. The highest BCUT2D eigenvalue weighted by molar-refractivity contribution is 7.13. The van der Waals surface area contributed by atoms with Crippen molar-refractivity contribution in [2.75, 3.05) is 19.6 Å². The highest BCUT2D eigenvalue weighted by atomic mass is 32.1. The number of hydrogen-bond acceptors (Lipinski definition) is 4. The SMILES string of the molecule is CCCNC(=O)C1(Cc2ccccc2-c2cccs2)CCN(Cc2ccccn2)CC1. The Bertz CT molecular complexity index is 963. The molecule has 162 valence electrons. The molecule has 4 nitrogen and oxygen atoms in total. The molecule has 1 aliphatic heterocycles. The summed E-state index contributed by atoms with van der Waals surface area (Å²) in [5.74, 6) is 0.216. The first kappa shape index (κ1) is 21.7. The lowest BCUT2D eigenvalue weighted by atomic mass is 9.72. The third kappa shape index (κ3) is 5.23.